The van der Waals surface area contributed by atoms with Crippen LogP contribution in [0.2, 0.25) is 0 Å². The lowest BCUT2D eigenvalue weighted by atomic mass is 9.90. The Bertz CT molecular complexity index is 885. The van der Waals surface area contributed by atoms with Crippen LogP contribution in [0.1, 0.15) is 34.8 Å². The topological polar surface area (TPSA) is 50.5 Å². The van der Waals surface area contributed by atoms with E-state index >= 15 is 0 Å². The Labute approximate surface area is 151 Å². The molecular formula is C19H20N4OS. The van der Waals surface area contributed by atoms with E-state index in [-0.39, 0.29) is 5.91 Å². The lowest BCUT2D eigenvalue weighted by Gasteiger charge is -2.31. The number of likely N-dealkylation sites (tertiary alicyclic amines) is 1. The van der Waals surface area contributed by atoms with Crippen molar-refractivity contribution in [1.29, 1.82) is 0 Å². The van der Waals surface area contributed by atoms with Gasteiger partial charge < -0.3 is 4.90 Å². The molecular weight excluding hydrogens is 332 g/mol. The molecule has 0 spiro atoms. The first-order valence-electron chi connectivity index (χ1n) is 8.48. The summed E-state index contributed by atoms with van der Waals surface area (Å²) in [5.41, 5.74) is 2.76. The Morgan fingerprint density at radius 2 is 1.92 bits per heavy atom. The summed E-state index contributed by atoms with van der Waals surface area (Å²) < 4.78 is 1.99. The van der Waals surface area contributed by atoms with E-state index in [1.54, 1.807) is 11.8 Å². The van der Waals surface area contributed by atoms with Gasteiger partial charge in [-0.1, -0.05) is 17.8 Å². The third-order valence-corrected chi connectivity index (χ3v) is 5.51. The molecule has 4 heterocycles. The first kappa shape index (κ1) is 16.1. The molecule has 6 heteroatoms. The van der Waals surface area contributed by atoms with Gasteiger partial charge in [-0.05, 0) is 54.8 Å². The zero-order chi connectivity index (χ0) is 17.2. The number of carbonyl (C=O) groups is 1. The predicted octanol–water partition coefficient (Wildman–Crippen LogP) is 3.47. The van der Waals surface area contributed by atoms with Crippen LogP contribution in [0.5, 0.6) is 0 Å². The molecule has 0 bridgehead atoms. The van der Waals surface area contributed by atoms with Gasteiger partial charge in [-0.25, -0.2) is 4.98 Å². The van der Waals surface area contributed by atoms with E-state index in [0.717, 1.165) is 36.6 Å². The molecule has 3 aromatic heterocycles. The van der Waals surface area contributed by atoms with Crippen LogP contribution < -0.4 is 0 Å². The summed E-state index contributed by atoms with van der Waals surface area (Å²) in [7, 11) is 0. The molecule has 1 saturated heterocycles. The highest BCUT2D eigenvalue weighted by atomic mass is 32.2. The van der Waals surface area contributed by atoms with Crippen LogP contribution in [0.4, 0.5) is 0 Å². The number of amides is 1. The van der Waals surface area contributed by atoms with Crippen molar-refractivity contribution in [3.8, 4) is 0 Å². The van der Waals surface area contributed by atoms with Crippen molar-refractivity contribution in [1.82, 2.24) is 19.3 Å². The Hall–Kier alpha value is -2.34. The second-order valence-corrected chi connectivity index (χ2v) is 7.02. The van der Waals surface area contributed by atoms with Crippen LogP contribution in [-0.2, 0) is 0 Å². The Balaban J connectivity index is 1.53. The fraction of sp³-hybridized carbons (Fsp3) is 0.316. The van der Waals surface area contributed by atoms with Crippen LogP contribution in [0.3, 0.4) is 0 Å². The molecule has 1 aliphatic rings. The van der Waals surface area contributed by atoms with Gasteiger partial charge in [0, 0.05) is 31.7 Å². The Morgan fingerprint density at radius 3 is 2.64 bits per heavy atom. The van der Waals surface area contributed by atoms with Crippen LogP contribution >= 0.6 is 11.8 Å². The zero-order valence-electron chi connectivity index (χ0n) is 14.1. The highest BCUT2D eigenvalue weighted by Crippen LogP contribution is 2.29. The molecule has 0 unspecified atom stereocenters. The average molecular weight is 352 g/mol. The van der Waals surface area contributed by atoms with Gasteiger partial charge in [0.1, 0.15) is 0 Å². The summed E-state index contributed by atoms with van der Waals surface area (Å²) in [6, 6.07) is 10.0. The standard InChI is InChI=1S/C19H20N4OS/c1-25-19-21-17(16-4-2-3-11-23(16)19)18(24)22-12-7-15(8-13-22)14-5-9-20-10-6-14/h2-6,9-11,15H,7-8,12-13H2,1H3. The van der Waals surface area contributed by atoms with Crippen molar-refractivity contribution in [3.63, 3.8) is 0 Å². The molecule has 1 aliphatic heterocycles. The van der Waals surface area contributed by atoms with E-state index in [4.69, 9.17) is 0 Å². The normalized spacial score (nSPS) is 15.6. The molecule has 0 aliphatic carbocycles. The van der Waals surface area contributed by atoms with Crippen molar-refractivity contribution in [2.24, 2.45) is 0 Å². The van der Waals surface area contributed by atoms with Crippen LogP contribution in [0, 0.1) is 0 Å². The number of hydrogen-bond donors (Lipinski definition) is 0. The number of hydrogen-bond acceptors (Lipinski definition) is 4. The summed E-state index contributed by atoms with van der Waals surface area (Å²) in [5.74, 6) is 0.546. The number of pyridine rings is 2. The monoisotopic (exact) mass is 352 g/mol. The Morgan fingerprint density at radius 1 is 1.16 bits per heavy atom. The van der Waals surface area contributed by atoms with Crippen molar-refractivity contribution in [3.05, 3.63) is 60.2 Å². The Kier molecular flexibility index (Phi) is 4.44. The number of rotatable bonds is 3. The molecule has 25 heavy (non-hydrogen) atoms. The summed E-state index contributed by atoms with van der Waals surface area (Å²) in [5, 5.41) is 0.852. The van der Waals surface area contributed by atoms with E-state index in [0.29, 0.717) is 11.6 Å². The maximum absolute atomic E-state index is 13.0. The number of carbonyl (C=O) groups excluding carboxylic acids is 1. The minimum Gasteiger partial charge on any atom is -0.337 e. The fourth-order valence-electron chi connectivity index (χ4n) is 3.51. The third kappa shape index (κ3) is 3.02. The van der Waals surface area contributed by atoms with Gasteiger partial charge in [-0.15, -0.1) is 0 Å². The SMILES string of the molecule is CSc1nc(C(=O)N2CCC(c3ccncc3)CC2)c2ccccn12. The quantitative estimate of drug-likeness (QED) is 0.677. The van der Waals surface area contributed by atoms with E-state index in [1.165, 1.54) is 5.56 Å². The summed E-state index contributed by atoms with van der Waals surface area (Å²) in [6.45, 7) is 1.54. The predicted molar refractivity (Wildman–Crippen MR) is 99.1 cm³/mol. The molecule has 1 amide bonds. The molecule has 1 fully saturated rings. The smallest absolute Gasteiger partial charge is 0.274 e. The summed E-state index contributed by atoms with van der Waals surface area (Å²) in [4.78, 5) is 23.6. The number of aromatic nitrogens is 3. The number of fused-ring (bicyclic) bond motifs is 1. The van der Waals surface area contributed by atoms with Crippen molar-refractivity contribution < 1.29 is 4.79 Å². The zero-order valence-corrected chi connectivity index (χ0v) is 14.9. The van der Waals surface area contributed by atoms with Gasteiger partial charge in [0.25, 0.3) is 5.91 Å². The minimum absolute atomic E-state index is 0.0391. The van der Waals surface area contributed by atoms with E-state index in [9.17, 15) is 4.79 Å². The lowest BCUT2D eigenvalue weighted by Crippen LogP contribution is -2.38. The number of imidazole rings is 1. The second-order valence-electron chi connectivity index (χ2n) is 6.25. The first-order chi connectivity index (χ1) is 12.3. The first-order valence-corrected chi connectivity index (χ1v) is 9.70. The van der Waals surface area contributed by atoms with Gasteiger partial charge in [-0.2, -0.15) is 0 Å². The lowest BCUT2D eigenvalue weighted by molar-refractivity contribution is 0.0709. The van der Waals surface area contributed by atoms with Crippen molar-refractivity contribution in [2.45, 2.75) is 23.9 Å². The number of thioether (sulfide) groups is 1. The third-order valence-electron chi connectivity index (χ3n) is 4.86. The van der Waals surface area contributed by atoms with Crippen LogP contribution in [0.25, 0.3) is 5.52 Å². The molecule has 0 saturated carbocycles. The van der Waals surface area contributed by atoms with Gasteiger partial charge in [0.15, 0.2) is 10.9 Å². The molecule has 3 aromatic rings. The molecule has 0 aromatic carbocycles. The van der Waals surface area contributed by atoms with Crippen LogP contribution in [0.15, 0.2) is 54.1 Å². The fourth-order valence-corrected chi connectivity index (χ4v) is 4.05. The highest BCUT2D eigenvalue weighted by molar-refractivity contribution is 7.98. The van der Waals surface area contributed by atoms with Crippen molar-refractivity contribution in [2.75, 3.05) is 19.3 Å². The van der Waals surface area contributed by atoms with Crippen LogP contribution in [-0.4, -0.2) is 44.5 Å². The van der Waals surface area contributed by atoms with E-state index in [1.807, 2.05) is 52.3 Å². The average Bonchev–Trinajstić information content (AvgIpc) is 3.07. The largest absolute Gasteiger partial charge is 0.337 e. The maximum Gasteiger partial charge on any atom is 0.274 e. The van der Waals surface area contributed by atoms with E-state index < -0.39 is 0 Å². The molecule has 4 rings (SSSR count). The number of nitrogens with zero attached hydrogens (tertiary/aromatic N) is 4. The van der Waals surface area contributed by atoms with Crippen molar-refractivity contribution >= 4 is 23.2 Å². The summed E-state index contributed by atoms with van der Waals surface area (Å²) in [6.07, 6.45) is 9.59. The summed E-state index contributed by atoms with van der Waals surface area (Å²) >= 11 is 1.56. The molecule has 128 valence electrons. The van der Waals surface area contributed by atoms with Gasteiger partial charge >= 0.3 is 0 Å². The van der Waals surface area contributed by atoms with Gasteiger partial charge in [-0.3, -0.25) is 14.2 Å². The van der Waals surface area contributed by atoms with Gasteiger partial charge in [0.05, 0.1) is 5.52 Å². The molecule has 0 radical (unpaired) electrons. The highest BCUT2D eigenvalue weighted by Gasteiger charge is 2.27. The molecule has 5 nitrogen and oxygen atoms in total. The second kappa shape index (κ2) is 6.88. The number of piperidine rings is 1. The van der Waals surface area contributed by atoms with E-state index in [2.05, 4.69) is 22.1 Å². The molecule has 0 N–H and O–H groups in total. The molecule has 0 atom stereocenters. The van der Waals surface area contributed by atoms with Gasteiger partial charge in [0.2, 0.25) is 0 Å². The minimum atomic E-state index is 0.0391. The maximum atomic E-state index is 13.0.